The van der Waals surface area contributed by atoms with E-state index in [1.807, 2.05) is 6.92 Å². The molecule has 0 saturated carbocycles. The summed E-state index contributed by atoms with van der Waals surface area (Å²) in [5.41, 5.74) is -0.0100. The second kappa shape index (κ2) is 4.88. The molecule has 2 aromatic rings. The largest absolute Gasteiger partial charge is 0.365 e. The molecule has 0 aliphatic carbocycles. The van der Waals surface area contributed by atoms with Crippen LogP contribution in [-0.2, 0) is 6.54 Å². The highest BCUT2D eigenvalue weighted by Crippen LogP contribution is 2.15. The summed E-state index contributed by atoms with van der Waals surface area (Å²) in [6.45, 7) is 2.56. The number of pyridine rings is 1. The average Bonchev–Trinajstić information content (AvgIpc) is 2.73. The maximum Gasteiger partial charge on any atom is 0.287 e. The maximum atomic E-state index is 10.4. The lowest BCUT2D eigenvalue weighted by Crippen LogP contribution is -2.00. The SMILES string of the molecule is Cc1ncc(CNc2ccc([N+](=O)[O-])cn2)s1. The molecule has 7 heteroatoms. The number of aryl methyl sites for hydroxylation is 1. The van der Waals surface area contributed by atoms with Gasteiger partial charge in [0, 0.05) is 17.1 Å². The highest BCUT2D eigenvalue weighted by molar-refractivity contribution is 7.11. The van der Waals surface area contributed by atoms with E-state index in [0.717, 1.165) is 9.88 Å². The summed E-state index contributed by atoms with van der Waals surface area (Å²) >= 11 is 1.61. The standard InChI is InChI=1S/C10H10N4O2S/c1-7-11-5-9(17-7)6-13-10-3-2-8(4-12-10)14(15)16/h2-5H,6H2,1H3,(H,12,13). The van der Waals surface area contributed by atoms with Gasteiger partial charge in [0.25, 0.3) is 5.69 Å². The van der Waals surface area contributed by atoms with Gasteiger partial charge in [-0.1, -0.05) is 0 Å². The van der Waals surface area contributed by atoms with Gasteiger partial charge in [0.15, 0.2) is 0 Å². The lowest BCUT2D eigenvalue weighted by molar-refractivity contribution is -0.385. The Hall–Kier alpha value is -2.02. The van der Waals surface area contributed by atoms with Crippen LogP contribution in [0.5, 0.6) is 0 Å². The number of rotatable bonds is 4. The molecule has 88 valence electrons. The molecule has 0 aliphatic rings. The Morgan fingerprint density at radius 2 is 2.24 bits per heavy atom. The first-order valence-corrected chi connectivity index (χ1v) is 5.72. The third-order valence-corrected chi connectivity index (χ3v) is 2.98. The quantitative estimate of drug-likeness (QED) is 0.665. The monoisotopic (exact) mass is 250 g/mol. The second-order valence-corrected chi connectivity index (χ2v) is 4.68. The summed E-state index contributed by atoms with van der Waals surface area (Å²) in [7, 11) is 0. The van der Waals surface area contributed by atoms with Gasteiger partial charge in [0.1, 0.15) is 12.0 Å². The summed E-state index contributed by atoms with van der Waals surface area (Å²) in [6.07, 6.45) is 3.04. The van der Waals surface area contributed by atoms with Crippen LogP contribution in [0.3, 0.4) is 0 Å². The molecule has 2 rings (SSSR count). The number of aromatic nitrogens is 2. The zero-order chi connectivity index (χ0) is 12.3. The normalized spacial score (nSPS) is 10.2. The van der Waals surface area contributed by atoms with Gasteiger partial charge >= 0.3 is 0 Å². The summed E-state index contributed by atoms with van der Waals surface area (Å²) in [6, 6.07) is 3.01. The Morgan fingerprint density at radius 1 is 1.41 bits per heavy atom. The summed E-state index contributed by atoms with van der Waals surface area (Å²) in [5.74, 6) is 0.613. The number of nitrogens with zero attached hydrogens (tertiary/aromatic N) is 3. The molecule has 0 bridgehead atoms. The predicted molar refractivity (Wildman–Crippen MR) is 65.1 cm³/mol. The molecule has 2 heterocycles. The van der Waals surface area contributed by atoms with Gasteiger partial charge in [-0.05, 0) is 13.0 Å². The van der Waals surface area contributed by atoms with E-state index in [9.17, 15) is 10.1 Å². The lowest BCUT2D eigenvalue weighted by Gasteiger charge is -2.02. The molecule has 17 heavy (non-hydrogen) atoms. The number of hydrogen-bond acceptors (Lipinski definition) is 6. The zero-order valence-corrected chi connectivity index (χ0v) is 9.90. The molecule has 0 unspecified atom stereocenters. The summed E-state index contributed by atoms with van der Waals surface area (Å²) in [5, 5.41) is 14.5. The third kappa shape index (κ3) is 2.97. The fraction of sp³-hybridized carbons (Fsp3) is 0.200. The van der Waals surface area contributed by atoms with Crippen molar-refractivity contribution in [2.75, 3.05) is 5.32 Å². The minimum absolute atomic E-state index is 0.0100. The molecule has 0 radical (unpaired) electrons. The van der Waals surface area contributed by atoms with Gasteiger partial charge in [0.2, 0.25) is 0 Å². The van der Waals surface area contributed by atoms with Gasteiger partial charge in [0.05, 0.1) is 16.5 Å². The van der Waals surface area contributed by atoms with Crippen molar-refractivity contribution in [3.8, 4) is 0 Å². The van der Waals surface area contributed by atoms with Gasteiger partial charge in [-0.15, -0.1) is 11.3 Å². The molecule has 2 aromatic heterocycles. The molecular formula is C10H10N4O2S. The summed E-state index contributed by atoms with van der Waals surface area (Å²) < 4.78 is 0. The topological polar surface area (TPSA) is 81.0 Å². The predicted octanol–water partition coefficient (Wildman–Crippen LogP) is 2.37. The van der Waals surface area contributed by atoms with Crippen molar-refractivity contribution in [3.05, 3.63) is 44.5 Å². The first-order chi connectivity index (χ1) is 8.15. The Morgan fingerprint density at radius 3 is 2.76 bits per heavy atom. The van der Waals surface area contributed by atoms with Gasteiger partial charge in [-0.3, -0.25) is 10.1 Å². The van der Waals surface area contributed by atoms with E-state index in [4.69, 9.17) is 0 Å². The number of thiazole rings is 1. The Labute approximate surface area is 102 Å². The van der Waals surface area contributed by atoms with E-state index in [1.165, 1.54) is 12.3 Å². The van der Waals surface area contributed by atoms with Crippen LogP contribution in [-0.4, -0.2) is 14.9 Å². The van der Waals surface area contributed by atoms with E-state index < -0.39 is 4.92 Å². The first kappa shape index (κ1) is 11.5. The van der Waals surface area contributed by atoms with Crippen LogP contribution in [0, 0.1) is 17.0 Å². The molecule has 0 atom stereocenters. The fourth-order valence-electron chi connectivity index (χ4n) is 1.26. The third-order valence-electron chi connectivity index (χ3n) is 2.07. The van der Waals surface area contributed by atoms with Crippen LogP contribution < -0.4 is 5.32 Å². The van der Waals surface area contributed by atoms with E-state index in [-0.39, 0.29) is 5.69 Å². The number of nitro groups is 1. The van der Waals surface area contributed by atoms with Crippen LogP contribution >= 0.6 is 11.3 Å². The molecule has 1 N–H and O–H groups in total. The molecule has 0 amide bonds. The Balaban J connectivity index is 1.97. The van der Waals surface area contributed by atoms with E-state index >= 15 is 0 Å². The van der Waals surface area contributed by atoms with Gasteiger partial charge < -0.3 is 5.32 Å². The fourth-order valence-corrected chi connectivity index (χ4v) is 2.00. The van der Waals surface area contributed by atoms with E-state index in [1.54, 1.807) is 23.6 Å². The van der Waals surface area contributed by atoms with E-state index in [0.29, 0.717) is 12.4 Å². The minimum atomic E-state index is -0.469. The lowest BCUT2D eigenvalue weighted by atomic mass is 10.4. The number of nitrogens with one attached hydrogen (secondary N) is 1. The number of anilines is 1. The molecule has 0 aromatic carbocycles. The Bertz CT molecular complexity index is 523. The summed E-state index contributed by atoms with van der Waals surface area (Å²) in [4.78, 5) is 19.2. The molecular weight excluding hydrogens is 240 g/mol. The highest BCUT2D eigenvalue weighted by atomic mass is 32.1. The van der Waals surface area contributed by atoms with Crippen LogP contribution in [0.15, 0.2) is 24.5 Å². The molecule has 0 saturated heterocycles. The van der Waals surface area contributed by atoms with Crippen LogP contribution in [0.1, 0.15) is 9.88 Å². The van der Waals surface area contributed by atoms with Crippen molar-refractivity contribution in [1.29, 1.82) is 0 Å². The van der Waals surface area contributed by atoms with Crippen LogP contribution in [0.25, 0.3) is 0 Å². The van der Waals surface area contributed by atoms with Crippen molar-refractivity contribution in [2.45, 2.75) is 13.5 Å². The van der Waals surface area contributed by atoms with Crippen LogP contribution in [0.2, 0.25) is 0 Å². The van der Waals surface area contributed by atoms with Crippen molar-refractivity contribution in [3.63, 3.8) is 0 Å². The molecule has 0 spiro atoms. The van der Waals surface area contributed by atoms with E-state index in [2.05, 4.69) is 15.3 Å². The smallest absolute Gasteiger partial charge is 0.287 e. The van der Waals surface area contributed by atoms with Gasteiger partial charge in [-0.2, -0.15) is 0 Å². The highest BCUT2D eigenvalue weighted by Gasteiger charge is 2.05. The number of hydrogen-bond donors (Lipinski definition) is 1. The zero-order valence-electron chi connectivity index (χ0n) is 9.08. The maximum absolute atomic E-state index is 10.4. The van der Waals surface area contributed by atoms with Gasteiger partial charge in [-0.25, -0.2) is 9.97 Å². The Kier molecular flexibility index (Phi) is 3.29. The minimum Gasteiger partial charge on any atom is -0.365 e. The van der Waals surface area contributed by atoms with Crippen molar-refractivity contribution in [2.24, 2.45) is 0 Å². The molecule has 6 nitrogen and oxygen atoms in total. The van der Waals surface area contributed by atoms with Crippen LogP contribution in [0.4, 0.5) is 11.5 Å². The second-order valence-electron chi connectivity index (χ2n) is 3.36. The average molecular weight is 250 g/mol. The van der Waals surface area contributed by atoms with Crippen molar-refractivity contribution < 1.29 is 4.92 Å². The van der Waals surface area contributed by atoms with Crippen molar-refractivity contribution >= 4 is 22.8 Å². The molecule has 0 aliphatic heterocycles. The van der Waals surface area contributed by atoms with Crippen molar-refractivity contribution in [1.82, 2.24) is 9.97 Å². The first-order valence-electron chi connectivity index (χ1n) is 4.91. The molecule has 0 fully saturated rings.